The number of hydrogen-bond donors (Lipinski definition) is 2. The maximum absolute atomic E-state index is 11.5. The molecule has 19 heavy (non-hydrogen) atoms. The lowest BCUT2D eigenvalue weighted by Crippen LogP contribution is -2.43. The Bertz CT molecular complexity index is 483. The highest BCUT2D eigenvalue weighted by Crippen LogP contribution is 1.96. The van der Waals surface area contributed by atoms with Crippen LogP contribution in [0.5, 0.6) is 0 Å². The summed E-state index contributed by atoms with van der Waals surface area (Å²) < 4.78 is 4.59. The molecule has 0 aromatic heterocycles. The maximum atomic E-state index is 11.5. The molecule has 100 valence electrons. The van der Waals surface area contributed by atoms with Gasteiger partial charge < -0.3 is 4.74 Å². The zero-order valence-electron chi connectivity index (χ0n) is 10.4. The molecule has 0 aliphatic rings. The Hall–Kier alpha value is -2.63. The van der Waals surface area contributed by atoms with Crippen LogP contribution >= 0.6 is 0 Å². The average molecular weight is 262 g/mol. The van der Waals surface area contributed by atoms with Gasteiger partial charge in [0.25, 0.3) is 11.8 Å². The van der Waals surface area contributed by atoms with E-state index < -0.39 is 24.4 Å². The van der Waals surface area contributed by atoms with Gasteiger partial charge in [0.1, 0.15) is 0 Å². The Balaban J connectivity index is 2.31. The van der Waals surface area contributed by atoms with Crippen LogP contribution < -0.4 is 10.9 Å². The largest absolute Gasteiger partial charge is 0.452 e. The summed E-state index contributed by atoms with van der Waals surface area (Å²) in [7, 11) is 0. The van der Waals surface area contributed by atoms with Crippen molar-refractivity contribution in [3.05, 3.63) is 48.0 Å². The second-order valence-electron chi connectivity index (χ2n) is 3.48. The standard InChI is InChI=1S/C13H14N2O4/c1-2-6-12(17)19-9-11(16)14-15-13(18)10-7-4-3-5-8-10/h2-8H,9H2,1H3,(H,14,16)(H,15,18). The van der Waals surface area contributed by atoms with Crippen LogP contribution in [0.3, 0.4) is 0 Å². The SMILES string of the molecule is CC=CC(=O)OCC(=O)NNC(=O)c1ccccc1. The number of carbonyl (C=O) groups is 3. The minimum absolute atomic E-state index is 0.411. The van der Waals surface area contributed by atoms with E-state index in [4.69, 9.17) is 0 Å². The number of hydrogen-bond acceptors (Lipinski definition) is 4. The second-order valence-corrected chi connectivity index (χ2v) is 3.48. The average Bonchev–Trinajstić information content (AvgIpc) is 2.44. The lowest BCUT2D eigenvalue weighted by atomic mass is 10.2. The highest BCUT2D eigenvalue weighted by Gasteiger charge is 2.07. The molecule has 0 radical (unpaired) electrons. The van der Waals surface area contributed by atoms with Crippen molar-refractivity contribution in [2.45, 2.75) is 6.92 Å². The maximum Gasteiger partial charge on any atom is 0.330 e. The summed E-state index contributed by atoms with van der Waals surface area (Å²) in [5.74, 6) is -1.69. The molecule has 0 saturated carbocycles. The fraction of sp³-hybridized carbons (Fsp3) is 0.154. The first-order valence-electron chi connectivity index (χ1n) is 5.57. The third kappa shape index (κ3) is 5.49. The summed E-state index contributed by atoms with van der Waals surface area (Å²) >= 11 is 0. The second kappa shape index (κ2) is 7.65. The van der Waals surface area contributed by atoms with E-state index >= 15 is 0 Å². The number of amides is 2. The number of esters is 1. The van der Waals surface area contributed by atoms with E-state index in [-0.39, 0.29) is 0 Å². The first-order valence-corrected chi connectivity index (χ1v) is 5.57. The molecule has 6 nitrogen and oxygen atoms in total. The third-order valence-corrected chi connectivity index (χ3v) is 2.00. The van der Waals surface area contributed by atoms with Crippen LogP contribution in [0.1, 0.15) is 17.3 Å². The molecule has 0 heterocycles. The van der Waals surface area contributed by atoms with Gasteiger partial charge >= 0.3 is 5.97 Å². The Morgan fingerprint density at radius 1 is 1.16 bits per heavy atom. The monoisotopic (exact) mass is 262 g/mol. The predicted octanol–water partition coefficient (Wildman–Crippen LogP) is 0.567. The van der Waals surface area contributed by atoms with E-state index in [9.17, 15) is 14.4 Å². The van der Waals surface area contributed by atoms with Gasteiger partial charge in [-0.15, -0.1) is 0 Å². The van der Waals surface area contributed by atoms with Crippen molar-refractivity contribution < 1.29 is 19.1 Å². The number of hydrazine groups is 1. The molecule has 1 aromatic carbocycles. The van der Waals surface area contributed by atoms with Crippen molar-refractivity contribution in [2.75, 3.05) is 6.61 Å². The van der Waals surface area contributed by atoms with Crippen molar-refractivity contribution >= 4 is 17.8 Å². The van der Waals surface area contributed by atoms with E-state index in [2.05, 4.69) is 15.6 Å². The molecular weight excluding hydrogens is 248 g/mol. The fourth-order valence-electron chi connectivity index (χ4n) is 1.15. The third-order valence-electron chi connectivity index (χ3n) is 2.00. The fourth-order valence-corrected chi connectivity index (χ4v) is 1.15. The number of rotatable bonds is 4. The van der Waals surface area contributed by atoms with Gasteiger partial charge in [0.05, 0.1) is 0 Å². The molecule has 6 heteroatoms. The number of ether oxygens (including phenoxy) is 1. The summed E-state index contributed by atoms with van der Waals surface area (Å²) in [5.41, 5.74) is 4.76. The van der Waals surface area contributed by atoms with Crippen LogP contribution in [0, 0.1) is 0 Å². The van der Waals surface area contributed by atoms with Crippen LogP contribution in [0.2, 0.25) is 0 Å². The lowest BCUT2D eigenvalue weighted by molar-refractivity contribution is -0.144. The number of allylic oxidation sites excluding steroid dienone is 1. The zero-order valence-corrected chi connectivity index (χ0v) is 10.4. The topological polar surface area (TPSA) is 84.5 Å². The molecule has 0 spiro atoms. The molecule has 0 aliphatic heterocycles. The van der Waals surface area contributed by atoms with E-state index in [1.807, 2.05) is 0 Å². The number of benzene rings is 1. The van der Waals surface area contributed by atoms with E-state index in [1.165, 1.54) is 12.2 Å². The summed E-state index contributed by atoms with van der Waals surface area (Å²) in [5, 5.41) is 0. The van der Waals surface area contributed by atoms with E-state index in [0.29, 0.717) is 5.56 Å². The van der Waals surface area contributed by atoms with Gasteiger partial charge in [-0.3, -0.25) is 20.4 Å². The zero-order chi connectivity index (χ0) is 14.1. The van der Waals surface area contributed by atoms with Crippen molar-refractivity contribution in [1.29, 1.82) is 0 Å². The summed E-state index contributed by atoms with van der Waals surface area (Å²) in [4.78, 5) is 33.7. The summed E-state index contributed by atoms with van der Waals surface area (Å²) in [6, 6.07) is 8.39. The highest BCUT2D eigenvalue weighted by molar-refractivity contribution is 5.95. The van der Waals surface area contributed by atoms with Gasteiger partial charge in [-0.25, -0.2) is 4.79 Å². The molecule has 1 aromatic rings. The quantitative estimate of drug-likeness (QED) is 0.472. The molecule has 0 unspecified atom stereocenters. The minimum atomic E-state index is -0.623. The first kappa shape index (κ1) is 14.4. The van der Waals surface area contributed by atoms with Crippen molar-refractivity contribution in [3.63, 3.8) is 0 Å². The Morgan fingerprint density at radius 2 is 1.84 bits per heavy atom. The Labute approximate surface area is 110 Å². The predicted molar refractivity (Wildman–Crippen MR) is 67.8 cm³/mol. The summed E-state index contributed by atoms with van der Waals surface area (Å²) in [6.07, 6.45) is 2.69. The molecule has 0 bridgehead atoms. The molecular formula is C13H14N2O4. The molecule has 0 fully saturated rings. The number of carbonyl (C=O) groups excluding carboxylic acids is 3. The Morgan fingerprint density at radius 3 is 2.47 bits per heavy atom. The van der Waals surface area contributed by atoms with Gasteiger partial charge in [-0.2, -0.15) is 0 Å². The number of nitrogens with one attached hydrogen (secondary N) is 2. The van der Waals surface area contributed by atoms with Crippen molar-refractivity contribution in [1.82, 2.24) is 10.9 Å². The van der Waals surface area contributed by atoms with Gasteiger partial charge in [0.15, 0.2) is 6.61 Å². The summed E-state index contributed by atoms with van der Waals surface area (Å²) in [6.45, 7) is 1.19. The highest BCUT2D eigenvalue weighted by atomic mass is 16.5. The van der Waals surface area contributed by atoms with E-state index in [0.717, 1.165) is 0 Å². The van der Waals surface area contributed by atoms with Gasteiger partial charge in [0.2, 0.25) is 0 Å². The molecule has 0 aliphatic carbocycles. The molecule has 1 rings (SSSR count). The van der Waals surface area contributed by atoms with Crippen molar-refractivity contribution in [3.8, 4) is 0 Å². The Kier molecular flexibility index (Phi) is 5.81. The molecule has 0 saturated heterocycles. The van der Waals surface area contributed by atoms with E-state index in [1.54, 1.807) is 37.3 Å². The lowest BCUT2D eigenvalue weighted by Gasteiger charge is -2.07. The molecule has 2 N–H and O–H groups in total. The van der Waals surface area contributed by atoms with Crippen LogP contribution in [0.15, 0.2) is 42.5 Å². The van der Waals surface area contributed by atoms with Crippen LogP contribution in [-0.2, 0) is 14.3 Å². The van der Waals surface area contributed by atoms with Crippen molar-refractivity contribution in [2.24, 2.45) is 0 Å². The molecule has 0 atom stereocenters. The van der Waals surface area contributed by atoms with Gasteiger partial charge in [-0.05, 0) is 19.1 Å². The van der Waals surface area contributed by atoms with Crippen LogP contribution in [0.25, 0.3) is 0 Å². The normalized spacial score (nSPS) is 9.95. The minimum Gasteiger partial charge on any atom is -0.452 e. The smallest absolute Gasteiger partial charge is 0.330 e. The van der Waals surface area contributed by atoms with Crippen LogP contribution in [-0.4, -0.2) is 24.4 Å². The first-order chi connectivity index (χ1) is 9.13. The van der Waals surface area contributed by atoms with Crippen LogP contribution in [0.4, 0.5) is 0 Å². The molecule has 2 amide bonds. The van der Waals surface area contributed by atoms with Gasteiger partial charge in [-0.1, -0.05) is 24.3 Å². The van der Waals surface area contributed by atoms with Gasteiger partial charge in [0, 0.05) is 11.6 Å².